The lowest BCUT2D eigenvalue weighted by molar-refractivity contribution is -0.197. The van der Waals surface area contributed by atoms with Crippen molar-refractivity contribution in [2.75, 3.05) is 13.7 Å². The van der Waals surface area contributed by atoms with E-state index < -0.39 is 18.3 Å². The van der Waals surface area contributed by atoms with Crippen molar-refractivity contribution in [3.63, 3.8) is 0 Å². The minimum absolute atomic E-state index is 0.0855. The molecule has 0 aromatic carbocycles. The van der Waals surface area contributed by atoms with E-state index in [4.69, 9.17) is 21.1 Å². The van der Waals surface area contributed by atoms with Gasteiger partial charge in [-0.2, -0.15) is 0 Å². The quantitative estimate of drug-likeness (QED) is 0.449. The van der Waals surface area contributed by atoms with E-state index >= 15 is 0 Å². The van der Waals surface area contributed by atoms with Crippen LogP contribution in [0.3, 0.4) is 0 Å². The molecule has 0 aromatic rings. The van der Waals surface area contributed by atoms with Crippen molar-refractivity contribution in [2.24, 2.45) is 0 Å². The molecule has 0 spiro atoms. The van der Waals surface area contributed by atoms with Crippen LogP contribution in [-0.4, -0.2) is 36.5 Å². The minimum atomic E-state index is -3.11. The first-order chi connectivity index (χ1) is 9.62. The molecule has 0 fully saturated rings. The summed E-state index contributed by atoms with van der Waals surface area (Å²) in [5.74, 6) is 0. The average molecular weight is 334 g/mol. The van der Waals surface area contributed by atoms with Crippen LogP contribution < -0.4 is 4.89 Å². The minimum Gasteiger partial charge on any atom is -0.801 e. The molecule has 1 aliphatic rings. The van der Waals surface area contributed by atoms with E-state index in [1.54, 1.807) is 20.9 Å². The largest absolute Gasteiger partial charge is 0.801 e. The van der Waals surface area contributed by atoms with Crippen LogP contribution in [0.25, 0.3) is 0 Å². The second kappa shape index (κ2) is 7.73. The van der Waals surface area contributed by atoms with Crippen LogP contribution in [0, 0.1) is 0 Å². The highest BCUT2D eigenvalue weighted by Crippen LogP contribution is 2.39. The fraction of sp³-hybridized carbons (Fsp3) is 0.786. The fourth-order valence-corrected chi connectivity index (χ4v) is 3.63. The number of carbonyl (C=O) groups is 1. The molecule has 5 nitrogen and oxygen atoms in total. The van der Waals surface area contributed by atoms with Gasteiger partial charge in [0.2, 0.25) is 0 Å². The van der Waals surface area contributed by atoms with Gasteiger partial charge >= 0.3 is 6.09 Å². The first-order valence-corrected chi connectivity index (χ1v) is 10.3. The molecule has 2 unspecified atom stereocenters. The first kappa shape index (κ1) is 18.6. The molecular formula is C14H25NO4PS-. The van der Waals surface area contributed by atoms with Gasteiger partial charge in [-0.1, -0.05) is 24.0 Å². The summed E-state index contributed by atoms with van der Waals surface area (Å²) in [7, 11) is 1.57. The molecule has 21 heavy (non-hydrogen) atoms. The maximum Gasteiger partial charge on any atom is 0.412 e. The van der Waals surface area contributed by atoms with Crippen molar-refractivity contribution >= 4 is 24.4 Å². The average Bonchev–Trinajstić information content (AvgIpc) is 2.28. The third-order valence-corrected chi connectivity index (χ3v) is 4.46. The van der Waals surface area contributed by atoms with Crippen LogP contribution in [0.5, 0.6) is 0 Å². The molecule has 0 aromatic heterocycles. The number of nitrogens with zero attached hydrogens (tertiary/aromatic N) is 1. The first-order valence-electron chi connectivity index (χ1n) is 7.20. The molecule has 0 heterocycles. The van der Waals surface area contributed by atoms with Gasteiger partial charge in [0, 0.05) is 7.05 Å². The van der Waals surface area contributed by atoms with Crippen LogP contribution in [0.1, 0.15) is 46.0 Å². The van der Waals surface area contributed by atoms with Crippen LogP contribution in [0.2, 0.25) is 0 Å². The van der Waals surface area contributed by atoms with Gasteiger partial charge in [0.25, 0.3) is 0 Å². The molecule has 0 bridgehead atoms. The molecule has 0 saturated carbocycles. The zero-order chi connectivity index (χ0) is 16.1. The summed E-state index contributed by atoms with van der Waals surface area (Å²) in [5.41, 5.74) is -1.06. The monoisotopic (exact) mass is 334 g/mol. The summed E-state index contributed by atoms with van der Waals surface area (Å²) in [6, 6.07) is 0. The Labute approximate surface area is 132 Å². The predicted molar refractivity (Wildman–Crippen MR) is 85.6 cm³/mol. The van der Waals surface area contributed by atoms with Crippen molar-refractivity contribution < 1.29 is 18.9 Å². The Morgan fingerprint density at radius 2 is 2.00 bits per heavy atom. The molecule has 2 atom stereocenters. The van der Waals surface area contributed by atoms with Crippen LogP contribution >= 0.6 is 6.49 Å². The lowest BCUT2D eigenvalue weighted by atomic mass is 10.0. The zero-order valence-corrected chi connectivity index (χ0v) is 14.9. The van der Waals surface area contributed by atoms with Gasteiger partial charge in [-0.05, 0) is 59.1 Å². The van der Waals surface area contributed by atoms with Gasteiger partial charge in [0.1, 0.15) is 11.8 Å². The number of hydrogen-bond donors (Lipinski definition) is 0. The Morgan fingerprint density at radius 1 is 1.38 bits per heavy atom. The van der Waals surface area contributed by atoms with Gasteiger partial charge in [0.05, 0.1) is 0 Å². The molecule has 1 amide bonds. The topological polar surface area (TPSA) is 61.8 Å². The zero-order valence-electron chi connectivity index (χ0n) is 13.2. The Kier molecular flexibility index (Phi) is 6.85. The number of hydrogen-bond acceptors (Lipinski definition) is 5. The molecule has 122 valence electrons. The van der Waals surface area contributed by atoms with Gasteiger partial charge in [-0.25, -0.2) is 4.79 Å². The van der Waals surface area contributed by atoms with Gasteiger partial charge in [-0.3, -0.25) is 4.90 Å². The van der Waals surface area contributed by atoms with Crippen molar-refractivity contribution in [2.45, 2.75) is 57.8 Å². The number of rotatable bonds is 4. The summed E-state index contributed by atoms with van der Waals surface area (Å²) in [6.45, 7) is 1.54. The normalized spacial score (nSPS) is 24.3. The second-order valence-electron chi connectivity index (χ2n) is 5.85. The third kappa shape index (κ3) is 6.92. The molecule has 7 heteroatoms. The molecule has 0 radical (unpaired) electrons. The fourth-order valence-electron chi connectivity index (χ4n) is 2.15. The van der Waals surface area contributed by atoms with Crippen molar-refractivity contribution in [3.8, 4) is 0 Å². The van der Waals surface area contributed by atoms with Crippen LogP contribution in [0.4, 0.5) is 4.79 Å². The lowest BCUT2D eigenvalue weighted by Gasteiger charge is -2.40. The molecule has 0 aliphatic heterocycles. The lowest BCUT2D eigenvalue weighted by Crippen LogP contribution is -2.48. The Balaban J connectivity index is 2.60. The van der Waals surface area contributed by atoms with Gasteiger partial charge < -0.3 is 14.2 Å². The number of ether oxygens (including phenoxy) is 1. The Hall–Kier alpha value is -0.420. The van der Waals surface area contributed by atoms with E-state index in [9.17, 15) is 9.69 Å². The maximum atomic E-state index is 12.2. The summed E-state index contributed by atoms with van der Waals surface area (Å²) in [6.07, 6.45) is 8.36. The maximum absolute atomic E-state index is 12.2. The van der Waals surface area contributed by atoms with E-state index in [-0.39, 0.29) is 6.10 Å². The number of carbonyl (C=O) groups excluding carboxylic acids is 1. The highest BCUT2D eigenvalue weighted by atomic mass is 32.5. The Morgan fingerprint density at radius 3 is 2.62 bits per heavy atom. The van der Waals surface area contributed by atoms with Crippen molar-refractivity contribution in [1.82, 2.24) is 4.90 Å². The van der Waals surface area contributed by atoms with Crippen LogP contribution in [0.15, 0.2) is 12.2 Å². The van der Waals surface area contributed by atoms with Crippen molar-refractivity contribution in [3.05, 3.63) is 12.2 Å². The van der Waals surface area contributed by atoms with E-state index in [2.05, 4.69) is 12.2 Å². The highest BCUT2D eigenvalue weighted by molar-refractivity contribution is 8.08. The van der Waals surface area contributed by atoms with Gasteiger partial charge in [-0.15, -0.1) is 0 Å². The number of allylic oxidation sites excluding steroid dienone is 2. The molecule has 1 aliphatic carbocycles. The standard InChI is InChI=1S/C14H26NO4PS/c1-14(2,19-20(4,17)21)15(3)13(16)18-12-10-8-6-5-7-9-11-12/h5-6,12H,7-11H2,1-4H3,(H,17,21)/p-1/b6-5+. The molecular weight excluding hydrogens is 309 g/mol. The van der Waals surface area contributed by atoms with E-state index in [1.165, 1.54) is 11.6 Å². The third-order valence-electron chi connectivity index (χ3n) is 3.46. The van der Waals surface area contributed by atoms with Crippen LogP contribution in [-0.2, 0) is 21.1 Å². The summed E-state index contributed by atoms with van der Waals surface area (Å²) < 4.78 is 10.9. The predicted octanol–water partition coefficient (Wildman–Crippen LogP) is 3.00. The van der Waals surface area contributed by atoms with E-state index in [0.29, 0.717) is 0 Å². The van der Waals surface area contributed by atoms with E-state index in [1.807, 2.05) is 0 Å². The summed E-state index contributed by atoms with van der Waals surface area (Å²) in [4.78, 5) is 25.2. The van der Waals surface area contributed by atoms with E-state index in [0.717, 1.165) is 32.1 Å². The molecule has 1 rings (SSSR count). The molecule has 0 N–H and O–H groups in total. The number of amides is 1. The second-order valence-corrected chi connectivity index (χ2v) is 9.57. The SMILES string of the molecule is CN(C(=O)OC1CC/C=C/CCC1)C(C)(C)OP(C)([O-])=S. The van der Waals surface area contributed by atoms with Crippen molar-refractivity contribution in [1.29, 1.82) is 0 Å². The summed E-state index contributed by atoms with van der Waals surface area (Å²) in [5, 5.41) is 0. The Bertz CT molecular complexity index is 433. The summed E-state index contributed by atoms with van der Waals surface area (Å²) >= 11 is 4.78. The smallest absolute Gasteiger partial charge is 0.412 e. The molecule has 0 saturated heterocycles. The van der Waals surface area contributed by atoms with Gasteiger partial charge in [0.15, 0.2) is 0 Å². The highest BCUT2D eigenvalue weighted by Gasteiger charge is 2.32.